The van der Waals surface area contributed by atoms with E-state index in [9.17, 15) is 9.90 Å². The number of benzene rings is 8. The Kier molecular flexibility index (Phi) is 14.9. The van der Waals surface area contributed by atoms with E-state index >= 15 is 0 Å². The van der Waals surface area contributed by atoms with Crippen LogP contribution in [-0.4, -0.2) is 11.1 Å². The van der Waals surface area contributed by atoms with Crippen molar-refractivity contribution in [1.29, 1.82) is 0 Å². The van der Waals surface area contributed by atoms with E-state index in [4.69, 9.17) is 83.4 Å². The minimum absolute atomic E-state index is 0.142. The molecule has 5 aliphatic rings. The SMILES string of the molecule is CCCc1c2c3cc4c1Cc1c(cc5c(c1CCC)Cc1c(cc6c(c1CCC(=O)O)Cc1c(cc(c(c1CCC)C2)OP(=S)(c1ccccc1)O3)OP(=S)(c1ccccc1)O6)OP(=S)(c1ccccc1)O5)OP(=S)(c1ccccc1)O4. The lowest BCUT2D eigenvalue weighted by Gasteiger charge is -2.37. The summed E-state index contributed by atoms with van der Waals surface area (Å²) in [6.45, 7) is -7.67. The Morgan fingerprint density at radius 1 is 0.354 bits per heavy atom. The first kappa shape index (κ1) is 55.4. The number of hydrogen-bond acceptors (Lipinski definition) is 13. The van der Waals surface area contributed by atoms with Gasteiger partial charge in [-0.05, 0) is 144 Å². The Balaban J connectivity index is 1.23. The summed E-state index contributed by atoms with van der Waals surface area (Å²) in [5, 5.41) is 13.5. The molecule has 8 bridgehead atoms. The molecule has 82 heavy (non-hydrogen) atoms. The molecule has 1 N–H and O–H groups in total. The molecule has 4 unspecified atom stereocenters. The largest absolute Gasteiger partial charge is 0.481 e. The zero-order valence-electron chi connectivity index (χ0n) is 45.4. The van der Waals surface area contributed by atoms with E-state index in [0.29, 0.717) is 102 Å². The lowest BCUT2D eigenvalue weighted by molar-refractivity contribution is -0.136. The maximum Gasteiger partial charge on any atom is 0.319 e. The third-order valence-electron chi connectivity index (χ3n) is 15.9. The molecule has 4 atom stereocenters. The summed E-state index contributed by atoms with van der Waals surface area (Å²) in [6.07, 6.45) is 5.70. The average Bonchev–Trinajstić information content (AvgIpc) is 2.24. The molecule has 0 fully saturated rings. The van der Waals surface area contributed by atoms with E-state index in [2.05, 4.69) is 20.8 Å². The molecule has 1 aliphatic carbocycles. The summed E-state index contributed by atoms with van der Waals surface area (Å²) in [6, 6.07) is 46.8. The summed E-state index contributed by atoms with van der Waals surface area (Å²) in [7, 11) is 0. The van der Waals surface area contributed by atoms with Crippen molar-refractivity contribution in [3.8, 4) is 46.0 Å². The van der Waals surface area contributed by atoms with Crippen LogP contribution in [0.15, 0.2) is 146 Å². The van der Waals surface area contributed by atoms with Gasteiger partial charge in [-0.1, -0.05) is 113 Å². The highest BCUT2D eigenvalue weighted by Gasteiger charge is 2.43. The van der Waals surface area contributed by atoms with Gasteiger partial charge in [0.05, 0.1) is 21.2 Å². The molecule has 0 saturated heterocycles. The van der Waals surface area contributed by atoms with Crippen LogP contribution in [0.2, 0.25) is 0 Å². The number of carboxylic acids is 1. The molecule has 0 spiro atoms. The van der Waals surface area contributed by atoms with E-state index in [1.165, 1.54) is 0 Å². The molecule has 8 aromatic carbocycles. The number of carbonyl (C=O) groups is 1. The van der Waals surface area contributed by atoms with E-state index in [1.807, 2.05) is 146 Å². The maximum atomic E-state index is 13.1. The fraction of sp³-hybridized carbons (Fsp3) is 0.234. The van der Waals surface area contributed by atoms with Crippen molar-refractivity contribution < 1.29 is 46.1 Å². The van der Waals surface area contributed by atoms with Crippen LogP contribution in [0.3, 0.4) is 0 Å². The molecule has 4 aliphatic heterocycles. The second-order valence-electron chi connectivity index (χ2n) is 21.1. The first-order valence-corrected chi connectivity index (χ1v) is 38.4. The molecule has 8 aromatic rings. The Morgan fingerprint density at radius 3 is 0.732 bits per heavy atom. The van der Waals surface area contributed by atoms with Gasteiger partial charge in [-0.3, -0.25) is 4.79 Å². The minimum Gasteiger partial charge on any atom is -0.481 e. The van der Waals surface area contributed by atoms with Crippen molar-refractivity contribution in [2.24, 2.45) is 0 Å². The highest BCUT2D eigenvalue weighted by molar-refractivity contribution is 8.15. The summed E-state index contributed by atoms with van der Waals surface area (Å²) in [4.78, 5) is 13.1. The molecule has 0 aromatic heterocycles. The second kappa shape index (κ2) is 22.0. The monoisotopic (exact) mass is 1240 g/mol. The van der Waals surface area contributed by atoms with Gasteiger partial charge >= 0.3 is 31.9 Å². The van der Waals surface area contributed by atoms with Crippen LogP contribution < -0.4 is 57.4 Å². The topological polar surface area (TPSA) is 111 Å². The van der Waals surface area contributed by atoms with Crippen LogP contribution in [0.4, 0.5) is 0 Å². The van der Waals surface area contributed by atoms with E-state index in [-0.39, 0.29) is 12.8 Å². The molecule has 10 nitrogen and oxygen atoms in total. The second-order valence-corrected chi connectivity index (χ2v) is 34.4. The fourth-order valence-corrected chi connectivity index (χ4v) is 22.1. The zero-order valence-corrected chi connectivity index (χ0v) is 52.2. The summed E-state index contributed by atoms with van der Waals surface area (Å²) in [5.41, 5.74) is 11.3. The van der Waals surface area contributed by atoms with E-state index in [1.54, 1.807) is 0 Å². The standard InChI is InChI=1S/C64H58O10P4S4/c1-4-19-44-48-32-50-45(20-5-2)52-34-54-47(30-31-64(65)66)55-35-53-46(21-6-3)51-33-49(44)57-36-56(48)67-75(79,40-22-11-7-12-23-40)69-58(50)37-60(52)71-77(81,42-26-15-9-16-27-42)73-62(54)39-63(55)74-78(82,43-28-17-10-18-29-43)72-61(53)38-59(51)70-76(80,68-57)41-24-13-8-14-25-41/h7-18,22-29,36-39H,4-6,19-21,30-35H2,1-3H3,(H,65,66). The van der Waals surface area contributed by atoms with Crippen molar-refractivity contribution >= 4 is 100 Å². The normalized spacial score (nSPS) is 21.4. The molecule has 4 heterocycles. The van der Waals surface area contributed by atoms with Crippen LogP contribution >= 0.6 is 26.0 Å². The molecular formula is C64H58O10P4S4. The van der Waals surface area contributed by atoms with Gasteiger partial charge in [0.25, 0.3) is 0 Å². The Labute approximate surface area is 499 Å². The number of hydrogen-bond donors (Lipinski definition) is 1. The zero-order chi connectivity index (χ0) is 56.5. The summed E-state index contributed by atoms with van der Waals surface area (Å²) < 4.78 is 59.3. The third kappa shape index (κ3) is 9.93. The highest BCUT2D eigenvalue weighted by atomic mass is 32.5. The van der Waals surface area contributed by atoms with Gasteiger partial charge in [0.1, 0.15) is 46.0 Å². The lowest BCUT2D eigenvalue weighted by Crippen LogP contribution is -2.24. The van der Waals surface area contributed by atoms with Crippen LogP contribution in [0.25, 0.3) is 0 Å². The summed E-state index contributed by atoms with van der Waals surface area (Å²) >= 11 is 27.3. The predicted molar refractivity (Wildman–Crippen MR) is 341 cm³/mol. The van der Waals surface area contributed by atoms with Gasteiger partial charge in [0, 0.05) is 101 Å². The molecule has 18 heteroatoms. The van der Waals surface area contributed by atoms with Crippen LogP contribution in [-0.2, 0) is 103 Å². The van der Waals surface area contributed by atoms with Crippen molar-refractivity contribution in [3.63, 3.8) is 0 Å². The summed E-state index contributed by atoms with van der Waals surface area (Å²) in [5.74, 6) is 3.19. The molecule has 0 saturated carbocycles. The van der Waals surface area contributed by atoms with E-state index in [0.717, 1.165) is 96.6 Å². The Morgan fingerprint density at radius 2 is 0.549 bits per heavy atom. The van der Waals surface area contributed by atoms with Gasteiger partial charge in [-0.25, -0.2) is 0 Å². The smallest absolute Gasteiger partial charge is 0.319 e. The van der Waals surface area contributed by atoms with E-state index < -0.39 is 31.9 Å². The fourth-order valence-electron chi connectivity index (χ4n) is 12.2. The van der Waals surface area contributed by atoms with Gasteiger partial charge in [-0.15, -0.1) is 0 Å². The van der Waals surface area contributed by atoms with Crippen LogP contribution in [0.5, 0.6) is 46.0 Å². The first-order valence-electron chi connectivity index (χ1n) is 27.8. The first-order chi connectivity index (χ1) is 39.7. The van der Waals surface area contributed by atoms with Crippen LogP contribution in [0.1, 0.15) is 113 Å². The average molecular weight is 1240 g/mol. The molecule has 0 radical (unpaired) electrons. The van der Waals surface area contributed by atoms with Gasteiger partial charge in [0.15, 0.2) is 0 Å². The maximum absolute atomic E-state index is 13.1. The molecular weight excluding hydrogens is 1180 g/mol. The van der Waals surface area contributed by atoms with Crippen LogP contribution in [0, 0.1) is 0 Å². The van der Waals surface area contributed by atoms with Gasteiger partial charge in [0.2, 0.25) is 0 Å². The van der Waals surface area contributed by atoms with Crippen molar-refractivity contribution in [2.45, 2.75) is 97.8 Å². The van der Waals surface area contributed by atoms with Crippen molar-refractivity contribution in [3.05, 3.63) is 212 Å². The Hall–Kier alpha value is -5.77. The Bertz CT molecular complexity index is 3860. The number of rotatable bonds is 13. The minimum atomic E-state index is -3.59. The number of carboxylic acid groups (broad SMARTS) is 1. The third-order valence-corrected chi connectivity index (χ3v) is 27.4. The molecule has 13 rings (SSSR count). The van der Waals surface area contributed by atoms with Gasteiger partial charge in [-0.2, -0.15) is 0 Å². The van der Waals surface area contributed by atoms with Crippen molar-refractivity contribution in [1.82, 2.24) is 0 Å². The number of aliphatic carboxylic acids is 1. The highest BCUT2D eigenvalue weighted by Crippen LogP contribution is 2.63. The predicted octanol–water partition coefficient (Wildman–Crippen LogP) is 14.9. The molecule has 418 valence electrons. The quantitative estimate of drug-likeness (QED) is 0.111. The van der Waals surface area contributed by atoms with Gasteiger partial charge < -0.3 is 41.3 Å². The lowest BCUT2D eigenvalue weighted by atomic mass is 9.81. The molecule has 0 amide bonds. The van der Waals surface area contributed by atoms with Crippen molar-refractivity contribution in [2.75, 3.05) is 0 Å².